The summed E-state index contributed by atoms with van der Waals surface area (Å²) in [5.74, 6) is -1.41. The van der Waals surface area contributed by atoms with Gasteiger partial charge in [-0.25, -0.2) is 4.79 Å². The molecule has 0 unspecified atom stereocenters. The molecular weight excluding hydrogens is 258 g/mol. The number of H-pyrrole nitrogens is 1. The summed E-state index contributed by atoms with van der Waals surface area (Å²) in [6.45, 7) is 1.98. The van der Waals surface area contributed by atoms with Gasteiger partial charge in [-0.1, -0.05) is 31.9 Å². The molecule has 1 atom stereocenters. The zero-order chi connectivity index (χ0) is 14.5. The predicted molar refractivity (Wildman–Crippen MR) is 74.5 cm³/mol. The number of aromatic amines is 1. The molecule has 1 aromatic heterocycles. The zero-order valence-electron chi connectivity index (χ0n) is 11.2. The fourth-order valence-electron chi connectivity index (χ4n) is 2.06. The van der Waals surface area contributed by atoms with Crippen LogP contribution in [0.15, 0.2) is 24.4 Å². The number of carboxylic acid groups (broad SMARTS) is 1. The number of hydrogen-bond donors (Lipinski definition) is 3. The fraction of sp³-hybridized carbons (Fsp3) is 0.357. The van der Waals surface area contributed by atoms with Crippen molar-refractivity contribution in [2.45, 2.75) is 32.2 Å². The van der Waals surface area contributed by atoms with Crippen molar-refractivity contribution in [2.24, 2.45) is 0 Å². The number of amides is 1. The number of fused-ring (bicyclic) bond motifs is 1. The van der Waals surface area contributed by atoms with E-state index in [2.05, 4.69) is 15.5 Å². The number of hydrogen-bond acceptors (Lipinski definition) is 3. The number of unbranched alkanes of at least 4 members (excludes halogenated alkanes) is 1. The number of nitrogens with zero attached hydrogens (tertiary/aromatic N) is 1. The van der Waals surface area contributed by atoms with E-state index < -0.39 is 17.9 Å². The number of nitrogens with one attached hydrogen (secondary N) is 2. The lowest BCUT2D eigenvalue weighted by atomic mass is 10.1. The second kappa shape index (κ2) is 6.18. The first-order valence-corrected chi connectivity index (χ1v) is 6.59. The Kier molecular flexibility index (Phi) is 4.34. The van der Waals surface area contributed by atoms with E-state index >= 15 is 0 Å². The zero-order valence-corrected chi connectivity index (χ0v) is 11.2. The van der Waals surface area contributed by atoms with Gasteiger partial charge in [0.15, 0.2) is 0 Å². The SMILES string of the molecule is CCCC[C@H](NC(=O)c1cccc2cn[nH]c12)C(=O)O. The molecule has 0 saturated heterocycles. The summed E-state index contributed by atoms with van der Waals surface area (Å²) in [4.78, 5) is 23.4. The first-order chi connectivity index (χ1) is 9.63. The van der Waals surface area contributed by atoms with Crippen molar-refractivity contribution in [3.63, 3.8) is 0 Å². The Balaban J connectivity index is 2.18. The largest absolute Gasteiger partial charge is 0.480 e. The van der Waals surface area contributed by atoms with Gasteiger partial charge in [0.2, 0.25) is 0 Å². The van der Waals surface area contributed by atoms with Crippen LogP contribution in [0.4, 0.5) is 0 Å². The van der Waals surface area contributed by atoms with Crippen LogP contribution in [-0.2, 0) is 4.79 Å². The number of rotatable bonds is 6. The average molecular weight is 275 g/mol. The molecule has 0 aliphatic heterocycles. The minimum atomic E-state index is -1.01. The topological polar surface area (TPSA) is 95.1 Å². The molecule has 0 bridgehead atoms. The molecule has 2 aromatic rings. The molecule has 0 fully saturated rings. The van der Waals surface area contributed by atoms with Crippen LogP contribution in [0.2, 0.25) is 0 Å². The molecule has 1 heterocycles. The molecule has 0 aliphatic carbocycles. The maximum Gasteiger partial charge on any atom is 0.326 e. The standard InChI is InChI=1S/C14H17N3O3/c1-2-3-7-11(14(19)20)16-13(18)10-6-4-5-9-8-15-17-12(9)10/h4-6,8,11H,2-3,7H2,1H3,(H,15,17)(H,16,18)(H,19,20)/t11-/m0/s1. The summed E-state index contributed by atoms with van der Waals surface area (Å²) in [6.07, 6.45) is 3.69. The summed E-state index contributed by atoms with van der Waals surface area (Å²) in [7, 11) is 0. The number of aliphatic carboxylic acids is 1. The number of carbonyl (C=O) groups is 2. The molecule has 1 amide bonds. The third kappa shape index (κ3) is 2.96. The highest BCUT2D eigenvalue weighted by Crippen LogP contribution is 2.15. The molecule has 0 saturated carbocycles. The highest BCUT2D eigenvalue weighted by atomic mass is 16.4. The minimum absolute atomic E-state index is 0.400. The highest BCUT2D eigenvalue weighted by molar-refractivity contribution is 6.06. The molecule has 106 valence electrons. The van der Waals surface area contributed by atoms with E-state index in [1.54, 1.807) is 18.3 Å². The predicted octanol–water partition coefficient (Wildman–Crippen LogP) is 1.94. The number of carboxylic acids is 1. The van der Waals surface area contributed by atoms with Gasteiger partial charge in [-0.05, 0) is 12.5 Å². The molecule has 0 spiro atoms. The fourth-order valence-corrected chi connectivity index (χ4v) is 2.06. The van der Waals surface area contributed by atoms with Crippen molar-refractivity contribution in [1.29, 1.82) is 0 Å². The van der Waals surface area contributed by atoms with Gasteiger partial charge in [0.25, 0.3) is 5.91 Å². The molecule has 2 rings (SSSR count). The Bertz CT molecular complexity index is 621. The summed E-state index contributed by atoms with van der Waals surface area (Å²) in [5, 5.41) is 19.2. The molecule has 0 aliphatic rings. The summed E-state index contributed by atoms with van der Waals surface area (Å²) < 4.78 is 0. The van der Waals surface area contributed by atoms with Gasteiger partial charge in [0.1, 0.15) is 6.04 Å². The van der Waals surface area contributed by atoms with Gasteiger partial charge in [-0.15, -0.1) is 0 Å². The van der Waals surface area contributed by atoms with Crippen LogP contribution in [0.3, 0.4) is 0 Å². The van der Waals surface area contributed by atoms with Crippen LogP contribution < -0.4 is 5.32 Å². The summed E-state index contributed by atoms with van der Waals surface area (Å²) in [6, 6.07) is 4.37. The minimum Gasteiger partial charge on any atom is -0.480 e. The van der Waals surface area contributed by atoms with Crippen LogP contribution in [0.5, 0.6) is 0 Å². The Morgan fingerprint density at radius 2 is 2.25 bits per heavy atom. The van der Waals surface area contributed by atoms with Crippen LogP contribution in [0.25, 0.3) is 10.9 Å². The number of para-hydroxylation sites is 1. The normalized spacial score (nSPS) is 12.2. The molecular formula is C14H17N3O3. The molecule has 6 heteroatoms. The third-order valence-corrected chi connectivity index (χ3v) is 3.17. The van der Waals surface area contributed by atoms with Crippen LogP contribution in [0.1, 0.15) is 36.5 Å². The van der Waals surface area contributed by atoms with Gasteiger partial charge >= 0.3 is 5.97 Å². The number of aromatic nitrogens is 2. The van der Waals surface area contributed by atoms with Crippen molar-refractivity contribution in [1.82, 2.24) is 15.5 Å². The Hall–Kier alpha value is -2.37. The van der Waals surface area contributed by atoms with E-state index in [9.17, 15) is 9.59 Å². The smallest absolute Gasteiger partial charge is 0.326 e. The van der Waals surface area contributed by atoms with E-state index in [0.717, 1.165) is 18.2 Å². The van der Waals surface area contributed by atoms with E-state index in [4.69, 9.17) is 5.11 Å². The maximum absolute atomic E-state index is 12.2. The van der Waals surface area contributed by atoms with Crippen molar-refractivity contribution < 1.29 is 14.7 Å². The number of carbonyl (C=O) groups excluding carboxylic acids is 1. The van der Waals surface area contributed by atoms with Gasteiger partial charge in [0.05, 0.1) is 17.3 Å². The second-order valence-electron chi connectivity index (χ2n) is 4.65. The maximum atomic E-state index is 12.2. The van der Waals surface area contributed by atoms with E-state index in [1.807, 2.05) is 13.0 Å². The van der Waals surface area contributed by atoms with Crippen molar-refractivity contribution in [3.05, 3.63) is 30.0 Å². The molecule has 1 aromatic carbocycles. The lowest BCUT2D eigenvalue weighted by molar-refractivity contribution is -0.139. The molecule has 20 heavy (non-hydrogen) atoms. The molecule has 0 radical (unpaired) electrons. The Morgan fingerprint density at radius 3 is 2.95 bits per heavy atom. The van der Waals surface area contributed by atoms with Crippen molar-refractivity contribution in [3.8, 4) is 0 Å². The summed E-state index contributed by atoms with van der Waals surface area (Å²) >= 11 is 0. The second-order valence-corrected chi connectivity index (χ2v) is 4.65. The van der Waals surface area contributed by atoms with E-state index in [-0.39, 0.29) is 0 Å². The first-order valence-electron chi connectivity index (χ1n) is 6.59. The van der Waals surface area contributed by atoms with Gasteiger partial charge in [-0.2, -0.15) is 5.10 Å². The molecule has 3 N–H and O–H groups in total. The van der Waals surface area contributed by atoms with Crippen LogP contribution in [-0.4, -0.2) is 33.2 Å². The van der Waals surface area contributed by atoms with Crippen LogP contribution >= 0.6 is 0 Å². The number of benzene rings is 1. The average Bonchev–Trinajstić information content (AvgIpc) is 2.90. The first kappa shape index (κ1) is 14.0. The van der Waals surface area contributed by atoms with E-state index in [0.29, 0.717) is 17.5 Å². The van der Waals surface area contributed by atoms with Gasteiger partial charge < -0.3 is 10.4 Å². The quantitative estimate of drug-likeness (QED) is 0.750. The molecule has 6 nitrogen and oxygen atoms in total. The van der Waals surface area contributed by atoms with Crippen LogP contribution in [0, 0.1) is 0 Å². The monoisotopic (exact) mass is 275 g/mol. The van der Waals surface area contributed by atoms with E-state index in [1.165, 1.54) is 0 Å². The van der Waals surface area contributed by atoms with Gasteiger partial charge in [0, 0.05) is 5.39 Å². The summed E-state index contributed by atoms with van der Waals surface area (Å²) in [5.41, 5.74) is 1.02. The van der Waals surface area contributed by atoms with Gasteiger partial charge in [-0.3, -0.25) is 9.89 Å². The van der Waals surface area contributed by atoms with Crippen molar-refractivity contribution in [2.75, 3.05) is 0 Å². The van der Waals surface area contributed by atoms with Crippen molar-refractivity contribution >= 4 is 22.8 Å². The highest BCUT2D eigenvalue weighted by Gasteiger charge is 2.21. The lowest BCUT2D eigenvalue weighted by Gasteiger charge is -2.14. The Labute approximate surface area is 116 Å². The third-order valence-electron chi connectivity index (χ3n) is 3.17. The Morgan fingerprint density at radius 1 is 1.45 bits per heavy atom. The lowest BCUT2D eigenvalue weighted by Crippen LogP contribution is -2.40.